The second-order valence-corrected chi connectivity index (χ2v) is 5.40. The number of ether oxygens (including phenoxy) is 1. The van der Waals surface area contributed by atoms with Crippen molar-refractivity contribution in [2.45, 2.75) is 6.92 Å². The van der Waals surface area contributed by atoms with Crippen molar-refractivity contribution in [2.75, 3.05) is 39.2 Å². The van der Waals surface area contributed by atoms with E-state index in [0.29, 0.717) is 5.56 Å². The number of hydrogen-bond acceptors (Lipinski definition) is 3. The Labute approximate surface area is 108 Å². The maximum atomic E-state index is 12.0. The van der Waals surface area contributed by atoms with E-state index in [-0.39, 0.29) is 11.3 Å². The number of amides is 1. The predicted octanol–water partition coefficient (Wildman–Crippen LogP) is 1.84. The summed E-state index contributed by atoms with van der Waals surface area (Å²) in [4.78, 5) is 13.6. The highest BCUT2D eigenvalue weighted by Crippen LogP contribution is 2.27. The highest BCUT2D eigenvalue weighted by atomic mass is 16.5. The van der Waals surface area contributed by atoms with Gasteiger partial charge in [0.15, 0.2) is 0 Å². The molecule has 4 nitrogen and oxygen atoms in total. The van der Waals surface area contributed by atoms with E-state index in [1.807, 2.05) is 24.3 Å². The van der Waals surface area contributed by atoms with Crippen LogP contribution in [0, 0.1) is 5.41 Å². The van der Waals surface area contributed by atoms with E-state index in [9.17, 15) is 4.79 Å². The molecule has 0 atom stereocenters. The van der Waals surface area contributed by atoms with Crippen LogP contribution < -0.4 is 5.32 Å². The second kappa shape index (κ2) is 4.98. The van der Waals surface area contributed by atoms with E-state index in [2.05, 4.69) is 12.2 Å². The number of anilines is 1. The number of carbonyl (C=O) groups is 1. The molecule has 2 rings (SSSR count). The van der Waals surface area contributed by atoms with Gasteiger partial charge < -0.3 is 15.0 Å². The smallest absolute Gasteiger partial charge is 0.255 e. The zero-order valence-electron chi connectivity index (χ0n) is 11.2. The van der Waals surface area contributed by atoms with Crippen molar-refractivity contribution in [2.24, 2.45) is 5.41 Å². The number of nitrogens with zero attached hydrogens (tertiary/aromatic N) is 1. The van der Waals surface area contributed by atoms with E-state index in [1.165, 1.54) is 0 Å². The highest BCUT2D eigenvalue weighted by molar-refractivity contribution is 5.99. The Morgan fingerprint density at radius 2 is 2.06 bits per heavy atom. The first-order valence-electron chi connectivity index (χ1n) is 6.14. The third-order valence-corrected chi connectivity index (χ3v) is 3.17. The summed E-state index contributed by atoms with van der Waals surface area (Å²) < 4.78 is 5.23. The Bertz CT molecular complexity index is 439. The van der Waals surface area contributed by atoms with E-state index in [4.69, 9.17) is 4.74 Å². The number of rotatable bonds is 4. The molecule has 1 aliphatic heterocycles. The highest BCUT2D eigenvalue weighted by Gasteiger charge is 2.33. The lowest BCUT2D eigenvalue weighted by Gasteiger charge is -2.38. The first-order chi connectivity index (χ1) is 8.52. The number of nitrogens with one attached hydrogen (secondary N) is 1. The molecule has 0 aromatic heterocycles. The number of benzene rings is 1. The molecule has 1 N–H and O–H groups in total. The molecule has 0 saturated carbocycles. The molecule has 1 aromatic rings. The topological polar surface area (TPSA) is 41.6 Å². The van der Waals surface area contributed by atoms with Crippen LogP contribution in [0.2, 0.25) is 0 Å². The standard InChI is InChI=1S/C14H20N2O2/c1-14(9-18-10-14)8-15-12-7-5-4-6-11(12)13(17)16(2)3/h4-7,15H,8-10H2,1-3H3. The van der Waals surface area contributed by atoms with Crippen LogP contribution in [0.25, 0.3) is 0 Å². The van der Waals surface area contributed by atoms with Crippen LogP contribution in [0.1, 0.15) is 17.3 Å². The van der Waals surface area contributed by atoms with Crippen LogP contribution in [0.15, 0.2) is 24.3 Å². The lowest BCUT2D eigenvalue weighted by Crippen LogP contribution is -2.45. The number of carbonyl (C=O) groups excluding carboxylic acids is 1. The van der Waals surface area contributed by atoms with Crippen molar-refractivity contribution in [1.82, 2.24) is 4.90 Å². The van der Waals surface area contributed by atoms with Gasteiger partial charge in [-0.3, -0.25) is 4.79 Å². The molecule has 1 aliphatic rings. The molecule has 1 fully saturated rings. The Kier molecular flexibility index (Phi) is 3.57. The van der Waals surface area contributed by atoms with Crippen LogP contribution >= 0.6 is 0 Å². The number of hydrogen-bond donors (Lipinski definition) is 1. The average molecular weight is 248 g/mol. The summed E-state index contributed by atoms with van der Waals surface area (Å²) in [6, 6.07) is 7.62. The quantitative estimate of drug-likeness (QED) is 0.884. The van der Waals surface area contributed by atoms with Crippen molar-refractivity contribution in [1.29, 1.82) is 0 Å². The molecular formula is C14H20N2O2. The summed E-state index contributed by atoms with van der Waals surface area (Å²) in [7, 11) is 3.53. The van der Waals surface area contributed by atoms with Gasteiger partial charge >= 0.3 is 0 Å². The fraction of sp³-hybridized carbons (Fsp3) is 0.500. The minimum atomic E-state index is 0.0214. The minimum absolute atomic E-state index is 0.0214. The van der Waals surface area contributed by atoms with Crippen molar-refractivity contribution in [3.8, 4) is 0 Å². The maximum absolute atomic E-state index is 12.0. The lowest BCUT2D eigenvalue weighted by molar-refractivity contribution is -0.0924. The summed E-state index contributed by atoms with van der Waals surface area (Å²) in [5, 5.41) is 3.36. The van der Waals surface area contributed by atoms with Crippen LogP contribution in [-0.2, 0) is 4.74 Å². The van der Waals surface area contributed by atoms with Gasteiger partial charge in [-0.15, -0.1) is 0 Å². The van der Waals surface area contributed by atoms with Crippen molar-refractivity contribution in [3.05, 3.63) is 29.8 Å². The SMILES string of the molecule is CN(C)C(=O)c1ccccc1NCC1(C)COC1. The van der Waals surface area contributed by atoms with E-state index >= 15 is 0 Å². The normalized spacial score (nSPS) is 16.8. The molecule has 1 amide bonds. The molecule has 18 heavy (non-hydrogen) atoms. The fourth-order valence-electron chi connectivity index (χ4n) is 1.93. The Morgan fingerprint density at radius 1 is 1.39 bits per heavy atom. The van der Waals surface area contributed by atoms with Crippen molar-refractivity contribution in [3.63, 3.8) is 0 Å². The summed E-state index contributed by atoms with van der Waals surface area (Å²) in [5.41, 5.74) is 1.80. The molecule has 0 spiro atoms. The van der Waals surface area contributed by atoms with Crippen molar-refractivity contribution >= 4 is 11.6 Å². The summed E-state index contributed by atoms with van der Waals surface area (Å²) >= 11 is 0. The third-order valence-electron chi connectivity index (χ3n) is 3.17. The lowest BCUT2D eigenvalue weighted by atomic mass is 9.88. The number of para-hydroxylation sites is 1. The fourth-order valence-corrected chi connectivity index (χ4v) is 1.93. The molecule has 0 aliphatic carbocycles. The molecular weight excluding hydrogens is 228 g/mol. The van der Waals surface area contributed by atoms with E-state index in [1.54, 1.807) is 19.0 Å². The summed E-state index contributed by atoms with van der Waals surface area (Å²) in [5.74, 6) is 0.0214. The average Bonchev–Trinajstić information content (AvgIpc) is 2.33. The van der Waals surface area contributed by atoms with E-state index in [0.717, 1.165) is 25.4 Å². The van der Waals surface area contributed by atoms with Gasteiger partial charge in [0.25, 0.3) is 5.91 Å². The van der Waals surface area contributed by atoms with Crippen LogP contribution in [0.4, 0.5) is 5.69 Å². The van der Waals surface area contributed by atoms with E-state index < -0.39 is 0 Å². The van der Waals surface area contributed by atoms with Crippen molar-refractivity contribution < 1.29 is 9.53 Å². The van der Waals surface area contributed by atoms with Crippen LogP contribution in [0.5, 0.6) is 0 Å². The van der Waals surface area contributed by atoms with Gasteiger partial charge in [-0.25, -0.2) is 0 Å². The molecule has 1 heterocycles. The van der Waals surface area contributed by atoms with Gasteiger partial charge in [0.05, 0.1) is 18.8 Å². The predicted molar refractivity (Wildman–Crippen MR) is 71.9 cm³/mol. The maximum Gasteiger partial charge on any atom is 0.255 e. The largest absolute Gasteiger partial charge is 0.384 e. The zero-order valence-corrected chi connectivity index (χ0v) is 11.2. The minimum Gasteiger partial charge on any atom is -0.384 e. The third kappa shape index (κ3) is 2.64. The molecule has 4 heteroatoms. The molecule has 0 unspecified atom stereocenters. The van der Waals surface area contributed by atoms with Gasteiger partial charge in [0, 0.05) is 31.7 Å². The van der Waals surface area contributed by atoms with Gasteiger partial charge in [0.1, 0.15) is 0 Å². The molecule has 0 radical (unpaired) electrons. The van der Waals surface area contributed by atoms with Gasteiger partial charge in [-0.1, -0.05) is 19.1 Å². The summed E-state index contributed by atoms with van der Waals surface area (Å²) in [6.07, 6.45) is 0. The second-order valence-electron chi connectivity index (χ2n) is 5.40. The van der Waals surface area contributed by atoms with Gasteiger partial charge in [-0.2, -0.15) is 0 Å². The first kappa shape index (κ1) is 12.9. The molecule has 98 valence electrons. The molecule has 0 bridgehead atoms. The first-order valence-corrected chi connectivity index (χ1v) is 6.14. The Hall–Kier alpha value is -1.55. The monoisotopic (exact) mass is 248 g/mol. The Balaban J connectivity index is 2.10. The molecule has 1 saturated heterocycles. The molecule has 1 aromatic carbocycles. The van der Waals surface area contributed by atoms with Gasteiger partial charge in [-0.05, 0) is 12.1 Å². The van der Waals surface area contributed by atoms with Crippen LogP contribution in [-0.4, -0.2) is 44.7 Å². The summed E-state index contributed by atoms with van der Waals surface area (Å²) in [6.45, 7) is 4.57. The van der Waals surface area contributed by atoms with Crippen LogP contribution in [0.3, 0.4) is 0 Å². The Morgan fingerprint density at radius 3 is 2.61 bits per heavy atom. The zero-order chi connectivity index (χ0) is 13.2. The van der Waals surface area contributed by atoms with Gasteiger partial charge in [0.2, 0.25) is 0 Å².